The minimum atomic E-state index is 0.607. The summed E-state index contributed by atoms with van der Waals surface area (Å²) in [6.07, 6.45) is 0. The summed E-state index contributed by atoms with van der Waals surface area (Å²) in [6, 6.07) is 1.24. The van der Waals surface area contributed by atoms with Crippen molar-refractivity contribution in [3.8, 4) is 0 Å². The standard InChI is InChI=1S/C9H20N2O/c1-8-9(2)11(5-4-10-8)6-7-12-3/h8-10H,4-7H2,1-3H3. The first-order valence-corrected chi connectivity index (χ1v) is 4.72. The van der Waals surface area contributed by atoms with Crippen LogP contribution in [0.3, 0.4) is 0 Å². The van der Waals surface area contributed by atoms with E-state index >= 15 is 0 Å². The van der Waals surface area contributed by atoms with Gasteiger partial charge in [-0.15, -0.1) is 0 Å². The van der Waals surface area contributed by atoms with Gasteiger partial charge in [-0.1, -0.05) is 0 Å². The van der Waals surface area contributed by atoms with E-state index in [-0.39, 0.29) is 0 Å². The Hall–Kier alpha value is -0.120. The first kappa shape index (κ1) is 9.96. The van der Waals surface area contributed by atoms with Crippen LogP contribution in [0.4, 0.5) is 0 Å². The summed E-state index contributed by atoms with van der Waals surface area (Å²) < 4.78 is 5.07. The third-order valence-electron chi connectivity index (χ3n) is 2.75. The van der Waals surface area contributed by atoms with E-state index in [1.54, 1.807) is 7.11 Å². The van der Waals surface area contributed by atoms with E-state index in [2.05, 4.69) is 24.1 Å². The Labute approximate surface area is 75.1 Å². The fourth-order valence-electron chi connectivity index (χ4n) is 1.65. The highest BCUT2D eigenvalue weighted by atomic mass is 16.5. The van der Waals surface area contributed by atoms with Crippen LogP contribution >= 0.6 is 0 Å². The van der Waals surface area contributed by atoms with Crippen molar-refractivity contribution in [2.24, 2.45) is 0 Å². The minimum Gasteiger partial charge on any atom is -0.383 e. The van der Waals surface area contributed by atoms with Gasteiger partial charge in [0.2, 0.25) is 0 Å². The topological polar surface area (TPSA) is 24.5 Å². The Balaban J connectivity index is 2.30. The molecule has 0 aromatic carbocycles. The van der Waals surface area contributed by atoms with Gasteiger partial charge in [-0.25, -0.2) is 0 Å². The third-order valence-corrected chi connectivity index (χ3v) is 2.75. The summed E-state index contributed by atoms with van der Waals surface area (Å²) >= 11 is 0. The largest absolute Gasteiger partial charge is 0.383 e. The molecule has 1 heterocycles. The van der Waals surface area contributed by atoms with Crippen molar-refractivity contribution >= 4 is 0 Å². The lowest BCUT2D eigenvalue weighted by Gasteiger charge is -2.38. The van der Waals surface area contributed by atoms with Crippen LogP contribution in [0, 0.1) is 0 Å². The van der Waals surface area contributed by atoms with E-state index in [9.17, 15) is 0 Å². The molecule has 0 spiro atoms. The molecule has 2 unspecified atom stereocenters. The quantitative estimate of drug-likeness (QED) is 0.663. The smallest absolute Gasteiger partial charge is 0.0589 e. The van der Waals surface area contributed by atoms with Crippen LogP contribution in [0.15, 0.2) is 0 Å². The van der Waals surface area contributed by atoms with E-state index in [4.69, 9.17) is 4.74 Å². The van der Waals surface area contributed by atoms with Crippen molar-refractivity contribution in [3.63, 3.8) is 0 Å². The molecule has 3 heteroatoms. The molecule has 0 aromatic rings. The van der Waals surface area contributed by atoms with Crippen molar-refractivity contribution < 1.29 is 4.74 Å². The number of hydrogen-bond acceptors (Lipinski definition) is 3. The van der Waals surface area contributed by atoms with Gasteiger partial charge >= 0.3 is 0 Å². The fourth-order valence-corrected chi connectivity index (χ4v) is 1.65. The fraction of sp³-hybridized carbons (Fsp3) is 1.00. The summed E-state index contributed by atoms with van der Waals surface area (Å²) in [6.45, 7) is 8.67. The highest BCUT2D eigenvalue weighted by Crippen LogP contribution is 2.07. The number of methoxy groups -OCH3 is 1. The molecule has 1 aliphatic rings. The summed E-state index contributed by atoms with van der Waals surface area (Å²) in [4.78, 5) is 2.48. The summed E-state index contributed by atoms with van der Waals surface area (Å²) in [5.41, 5.74) is 0. The molecule has 0 radical (unpaired) electrons. The number of nitrogens with zero attached hydrogens (tertiary/aromatic N) is 1. The molecule has 3 nitrogen and oxygen atoms in total. The molecule has 0 aliphatic carbocycles. The number of hydrogen-bond donors (Lipinski definition) is 1. The minimum absolute atomic E-state index is 0.607. The second kappa shape index (κ2) is 4.80. The van der Waals surface area contributed by atoms with Gasteiger partial charge in [0.25, 0.3) is 0 Å². The lowest BCUT2D eigenvalue weighted by Crippen LogP contribution is -2.55. The molecule has 0 bridgehead atoms. The Morgan fingerprint density at radius 1 is 1.50 bits per heavy atom. The van der Waals surface area contributed by atoms with Crippen molar-refractivity contribution in [1.29, 1.82) is 0 Å². The van der Waals surface area contributed by atoms with Crippen molar-refractivity contribution in [1.82, 2.24) is 10.2 Å². The van der Waals surface area contributed by atoms with Gasteiger partial charge in [-0.3, -0.25) is 4.90 Å². The van der Waals surface area contributed by atoms with Crippen LogP contribution in [0.1, 0.15) is 13.8 Å². The van der Waals surface area contributed by atoms with E-state index in [0.29, 0.717) is 12.1 Å². The van der Waals surface area contributed by atoms with E-state index < -0.39 is 0 Å². The third kappa shape index (κ3) is 2.44. The maximum atomic E-state index is 5.07. The molecule has 72 valence electrons. The van der Waals surface area contributed by atoms with Crippen LogP contribution in [-0.4, -0.2) is 50.3 Å². The van der Waals surface area contributed by atoms with Crippen molar-refractivity contribution in [2.45, 2.75) is 25.9 Å². The van der Waals surface area contributed by atoms with Gasteiger partial charge in [0.15, 0.2) is 0 Å². The average molecular weight is 172 g/mol. The molecule has 2 atom stereocenters. The molecular formula is C9H20N2O. The molecule has 1 N–H and O–H groups in total. The maximum absolute atomic E-state index is 5.07. The average Bonchev–Trinajstić information content (AvgIpc) is 2.08. The molecule has 1 fully saturated rings. The molecule has 1 saturated heterocycles. The van der Waals surface area contributed by atoms with Crippen LogP contribution in [0.25, 0.3) is 0 Å². The summed E-state index contributed by atoms with van der Waals surface area (Å²) in [5.74, 6) is 0. The number of piperazine rings is 1. The first-order valence-electron chi connectivity index (χ1n) is 4.72. The Bertz CT molecular complexity index is 130. The lowest BCUT2D eigenvalue weighted by atomic mass is 10.1. The van der Waals surface area contributed by atoms with E-state index in [1.807, 2.05) is 0 Å². The predicted octanol–water partition coefficient (Wildman–Crippen LogP) is 0.315. The zero-order valence-electron chi connectivity index (χ0n) is 8.34. The van der Waals surface area contributed by atoms with E-state index in [1.165, 1.54) is 0 Å². The second-order valence-electron chi connectivity index (χ2n) is 3.51. The Morgan fingerprint density at radius 3 is 2.92 bits per heavy atom. The Morgan fingerprint density at radius 2 is 2.25 bits per heavy atom. The maximum Gasteiger partial charge on any atom is 0.0589 e. The summed E-state index contributed by atoms with van der Waals surface area (Å²) in [5, 5.41) is 3.46. The molecule has 12 heavy (non-hydrogen) atoms. The van der Waals surface area contributed by atoms with Gasteiger partial charge in [0, 0.05) is 38.8 Å². The van der Waals surface area contributed by atoms with Gasteiger partial charge in [0.1, 0.15) is 0 Å². The summed E-state index contributed by atoms with van der Waals surface area (Å²) in [7, 11) is 1.76. The monoisotopic (exact) mass is 172 g/mol. The van der Waals surface area contributed by atoms with Gasteiger partial charge < -0.3 is 10.1 Å². The number of ether oxygens (including phenoxy) is 1. The van der Waals surface area contributed by atoms with Crippen LogP contribution in [0.5, 0.6) is 0 Å². The van der Waals surface area contributed by atoms with Crippen LogP contribution in [0.2, 0.25) is 0 Å². The first-order chi connectivity index (χ1) is 5.75. The second-order valence-corrected chi connectivity index (χ2v) is 3.51. The zero-order valence-corrected chi connectivity index (χ0v) is 8.34. The SMILES string of the molecule is COCCN1CCNC(C)C1C. The molecular weight excluding hydrogens is 152 g/mol. The van der Waals surface area contributed by atoms with Gasteiger partial charge in [-0.05, 0) is 13.8 Å². The van der Waals surface area contributed by atoms with Crippen LogP contribution in [-0.2, 0) is 4.74 Å². The highest BCUT2D eigenvalue weighted by Gasteiger charge is 2.23. The van der Waals surface area contributed by atoms with Crippen molar-refractivity contribution in [2.75, 3.05) is 33.4 Å². The highest BCUT2D eigenvalue weighted by molar-refractivity contribution is 4.82. The lowest BCUT2D eigenvalue weighted by molar-refractivity contribution is 0.0921. The van der Waals surface area contributed by atoms with Gasteiger partial charge in [0.05, 0.1) is 6.61 Å². The molecule has 0 saturated carbocycles. The Kier molecular flexibility index (Phi) is 3.98. The van der Waals surface area contributed by atoms with E-state index in [0.717, 1.165) is 26.2 Å². The van der Waals surface area contributed by atoms with Crippen molar-refractivity contribution in [3.05, 3.63) is 0 Å². The number of nitrogens with one attached hydrogen (secondary N) is 1. The molecule has 0 amide bonds. The molecule has 1 rings (SSSR count). The normalized spacial score (nSPS) is 32.2. The van der Waals surface area contributed by atoms with Gasteiger partial charge in [-0.2, -0.15) is 0 Å². The molecule has 1 aliphatic heterocycles. The zero-order chi connectivity index (χ0) is 8.97. The predicted molar refractivity (Wildman–Crippen MR) is 50.4 cm³/mol. The number of rotatable bonds is 3. The van der Waals surface area contributed by atoms with Crippen LogP contribution < -0.4 is 5.32 Å². The molecule has 0 aromatic heterocycles.